The van der Waals surface area contributed by atoms with Crippen LogP contribution in [0.25, 0.3) is 0 Å². The second kappa shape index (κ2) is 9.39. The SMILES string of the molecule is O=[SH](=O)NCCNCCCCC1=CCC=CC1. The molecule has 0 atom stereocenters. The number of hydrogen-bond donors (Lipinski definition) is 3. The molecule has 1 aliphatic rings. The first kappa shape index (κ1) is 14.4. The second-order valence-corrected chi connectivity index (χ2v) is 4.98. The van der Waals surface area contributed by atoms with Crippen molar-refractivity contribution < 1.29 is 8.42 Å². The minimum atomic E-state index is -2.44. The Labute approximate surface area is 105 Å². The van der Waals surface area contributed by atoms with Crippen LogP contribution in [-0.4, -0.2) is 28.1 Å². The molecule has 0 radical (unpaired) electrons. The number of thiol groups is 1. The summed E-state index contributed by atoms with van der Waals surface area (Å²) in [5.41, 5.74) is 1.55. The molecule has 0 amide bonds. The smallest absolute Gasteiger partial charge is 0.201 e. The Bertz CT molecular complexity index is 327. The van der Waals surface area contributed by atoms with E-state index in [2.05, 4.69) is 28.3 Å². The summed E-state index contributed by atoms with van der Waals surface area (Å²) in [6.45, 7) is 2.14. The number of allylic oxidation sites excluding steroid dienone is 4. The van der Waals surface area contributed by atoms with E-state index in [4.69, 9.17) is 0 Å². The maximum atomic E-state index is 10.2. The summed E-state index contributed by atoms with van der Waals surface area (Å²) < 4.78 is 22.8. The molecule has 1 aliphatic carbocycles. The maximum absolute atomic E-state index is 10.2. The lowest BCUT2D eigenvalue weighted by Crippen LogP contribution is -2.27. The van der Waals surface area contributed by atoms with Crippen molar-refractivity contribution in [2.45, 2.75) is 32.1 Å². The molecule has 1 rings (SSSR count). The molecule has 98 valence electrons. The van der Waals surface area contributed by atoms with E-state index >= 15 is 0 Å². The molecule has 5 heteroatoms. The molecule has 0 unspecified atom stereocenters. The van der Waals surface area contributed by atoms with Gasteiger partial charge < -0.3 is 5.32 Å². The van der Waals surface area contributed by atoms with Crippen molar-refractivity contribution in [3.63, 3.8) is 0 Å². The summed E-state index contributed by atoms with van der Waals surface area (Å²) in [6.07, 6.45) is 12.5. The van der Waals surface area contributed by atoms with Crippen LogP contribution >= 0.6 is 0 Å². The van der Waals surface area contributed by atoms with Gasteiger partial charge in [-0.2, -0.15) is 0 Å². The third kappa shape index (κ3) is 8.12. The van der Waals surface area contributed by atoms with Crippen molar-refractivity contribution in [3.05, 3.63) is 23.8 Å². The number of unbranched alkanes of at least 4 members (excludes halogenated alkanes) is 1. The van der Waals surface area contributed by atoms with E-state index in [1.54, 1.807) is 5.57 Å². The van der Waals surface area contributed by atoms with Gasteiger partial charge in [0.15, 0.2) is 0 Å². The van der Waals surface area contributed by atoms with E-state index < -0.39 is 10.9 Å². The Morgan fingerprint density at radius 1 is 1.12 bits per heavy atom. The first-order valence-corrected chi connectivity index (χ1v) is 7.38. The van der Waals surface area contributed by atoms with Crippen LogP contribution in [0.1, 0.15) is 32.1 Å². The van der Waals surface area contributed by atoms with Crippen molar-refractivity contribution in [2.24, 2.45) is 0 Å². The van der Waals surface area contributed by atoms with Gasteiger partial charge in [-0.3, -0.25) is 0 Å². The average molecular weight is 258 g/mol. The monoisotopic (exact) mass is 258 g/mol. The Morgan fingerprint density at radius 2 is 2.00 bits per heavy atom. The van der Waals surface area contributed by atoms with Gasteiger partial charge in [-0.1, -0.05) is 23.8 Å². The van der Waals surface area contributed by atoms with Gasteiger partial charge in [-0.15, -0.1) is 0 Å². The zero-order valence-electron chi connectivity index (χ0n) is 10.2. The molecule has 0 heterocycles. The normalized spacial score (nSPS) is 15.2. The van der Waals surface area contributed by atoms with Crippen LogP contribution in [0.2, 0.25) is 0 Å². The van der Waals surface area contributed by atoms with E-state index in [-0.39, 0.29) is 0 Å². The summed E-state index contributed by atoms with van der Waals surface area (Å²) in [5, 5.41) is 3.22. The Hall–Kier alpha value is -0.650. The second-order valence-electron chi connectivity index (χ2n) is 4.15. The molecule has 17 heavy (non-hydrogen) atoms. The molecule has 0 spiro atoms. The van der Waals surface area contributed by atoms with Crippen LogP contribution in [0.4, 0.5) is 0 Å². The zero-order chi connectivity index (χ0) is 12.3. The van der Waals surface area contributed by atoms with Gasteiger partial charge in [-0.05, 0) is 38.6 Å². The minimum Gasteiger partial charge on any atom is -0.315 e. The molecular weight excluding hydrogens is 236 g/mol. The lowest BCUT2D eigenvalue weighted by Gasteiger charge is -2.08. The lowest BCUT2D eigenvalue weighted by atomic mass is 10.0. The third-order valence-corrected chi connectivity index (χ3v) is 3.22. The highest BCUT2D eigenvalue weighted by molar-refractivity contribution is 7.70. The molecule has 4 nitrogen and oxygen atoms in total. The van der Waals surface area contributed by atoms with Gasteiger partial charge in [0.05, 0.1) is 0 Å². The molecule has 2 N–H and O–H groups in total. The molecule has 0 bridgehead atoms. The van der Waals surface area contributed by atoms with E-state index in [1.165, 1.54) is 12.8 Å². The topological polar surface area (TPSA) is 58.2 Å². The van der Waals surface area contributed by atoms with Gasteiger partial charge in [0.2, 0.25) is 10.9 Å². The molecule has 0 aromatic rings. The van der Waals surface area contributed by atoms with Crippen molar-refractivity contribution in [1.29, 1.82) is 0 Å². The number of rotatable bonds is 9. The fourth-order valence-electron chi connectivity index (χ4n) is 1.82. The summed E-state index contributed by atoms with van der Waals surface area (Å²) in [6, 6.07) is 0. The van der Waals surface area contributed by atoms with Crippen molar-refractivity contribution >= 4 is 10.9 Å². The van der Waals surface area contributed by atoms with Gasteiger partial charge in [0.1, 0.15) is 0 Å². The van der Waals surface area contributed by atoms with E-state index in [9.17, 15) is 8.42 Å². The quantitative estimate of drug-likeness (QED) is 0.330. The van der Waals surface area contributed by atoms with Gasteiger partial charge in [-0.25, -0.2) is 13.1 Å². The first-order valence-electron chi connectivity index (χ1n) is 6.20. The Kier molecular flexibility index (Phi) is 7.96. The summed E-state index contributed by atoms with van der Waals surface area (Å²) in [5.74, 6) is 0. The van der Waals surface area contributed by atoms with Crippen LogP contribution in [0.15, 0.2) is 23.8 Å². The Morgan fingerprint density at radius 3 is 2.71 bits per heavy atom. The molecule has 0 aromatic carbocycles. The molecule has 0 aromatic heterocycles. The van der Waals surface area contributed by atoms with Gasteiger partial charge >= 0.3 is 0 Å². The molecule has 0 saturated carbocycles. The maximum Gasteiger partial charge on any atom is 0.201 e. The van der Waals surface area contributed by atoms with Crippen molar-refractivity contribution in [3.8, 4) is 0 Å². The standard InChI is InChI=1S/C12H22N2O2S/c15-17(16)14-11-10-13-9-5-4-8-12-6-2-1-3-7-12/h1-2,7,13,17H,3-6,8-11H2,(H,14,15,16). The number of nitrogens with one attached hydrogen (secondary N) is 2. The first-order chi connectivity index (χ1) is 8.29. The average Bonchev–Trinajstić information content (AvgIpc) is 2.33. The van der Waals surface area contributed by atoms with Crippen LogP contribution < -0.4 is 10.0 Å². The van der Waals surface area contributed by atoms with Crippen molar-refractivity contribution in [1.82, 2.24) is 10.0 Å². The minimum absolute atomic E-state index is 0.481. The lowest BCUT2D eigenvalue weighted by molar-refractivity contribution is 0.587. The predicted octanol–water partition coefficient (Wildman–Crippen LogP) is 1.14. The van der Waals surface area contributed by atoms with Crippen LogP contribution in [0, 0.1) is 0 Å². The van der Waals surface area contributed by atoms with E-state index in [1.807, 2.05) is 0 Å². The van der Waals surface area contributed by atoms with E-state index in [0.717, 1.165) is 25.8 Å². The fourth-order valence-corrected chi connectivity index (χ4v) is 2.11. The largest absolute Gasteiger partial charge is 0.315 e. The fraction of sp³-hybridized carbons (Fsp3) is 0.667. The zero-order valence-corrected chi connectivity index (χ0v) is 11.0. The van der Waals surface area contributed by atoms with Crippen LogP contribution in [-0.2, 0) is 10.9 Å². The third-order valence-electron chi connectivity index (χ3n) is 2.73. The van der Waals surface area contributed by atoms with E-state index in [0.29, 0.717) is 13.1 Å². The van der Waals surface area contributed by atoms with Crippen LogP contribution in [0.5, 0.6) is 0 Å². The highest BCUT2D eigenvalue weighted by atomic mass is 32.2. The summed E-state index contributed by atoms with van der Waals surface area (Å²) >= 11 is 0. The number of hydrogen-bond acceptors (Lipinski definition) is 3. The molecule has 0 saturated heterocycles. The summed E-state index contributed by atoms with van der Waals surface area (Å²) in [7, 11) is -2.44. The van der Waals surface area contributed by atoms with Crippen molar-refractivity contribution in [2.75, 3.05) is 19.6 Å². The molecule has 0 aliphatic heterocycles. The predicted molar refractivity (Wildman–Crippen MR) is 71.5 cm³/mol. The Balaban J connectivity index is 1.86. The summed E-state index contributed by atoms with van der Waals surface area (Å²) in [4.78, 5) is 0. The van der Waals surface area contributed by atoms with Gasteiger partial charge in [0.25, 0.3) is 0 Å². The van der Waals surface area contributed by atoms with Gasteiger partial charge in [0, 0.05) is 13.1 Å². The highest BCUT2D eigenvalue weighted by Crippen LogP contribution is 2.16. The highest BCUT2D eigenvalue weighted by Gasteiger charge is 1.98. The molecular formula is C12H22N2O2S. The van der Waals surface area contributed by atoms with Crippen LogP contribution in [0.3, 0.4) is 0 Å². The molecule has 0 fully saturated rings.